The maximum absolute atomic E-state index is 4.28. The van der Waals surface area contributed by atoms with Crippen molar-refractivity contribution in [2.75, 3.05) is 0 Å². The molecule has 0 aliphatic carbocycles. The average molecular weight is 303 g/mol. The summed E-state index contributed by atoms with van der Waals surface area (Å²) in [4.78, 5) is 5.62. The number of halogens is 1. The van der Waals surface area contributed by atoms with Gasteiger partial charge in [-0.1, -0.05) is 0 Å². The SMILES string of the molecule is CC(NCc1cc(Br)cs1)c1nccs1. The molecular formula is C10H11BrN2S2. The number of hydrogen-bond donors (Lipinski definition) is 1. The van der Waals surface area contributed by atoms with Gasteiger partial charge in [0.25, 0.3) is 0 Å². The van der Waals surface area contributed by atoms with Crippen LogP contribution in [0.2, 0.25) is 0 Å². The van der Waals surface area contributed by atoms with Crippen molar-refractivity contribution in [2.24, 2.45) is 0 Å². The number of thiazole rings is 1. The zero-order valence-electron chi connectivity index (χ0n) is 8.24. The molecule has 2 heterocycles. The monoisotopic (exact) mass is 302 g/mol. The zero-order valence-corrected chi connectivity index (χ0v) is 11.5. The topological polar surface area (TPSA) is 24.9 Å². The second-order valence-corrected chi connectivity index (χ2v) is 6.04. The van der Waals surface area contributed by atoms with E-state index in [0.717, 1.165) is 16.0 Å². The summed E-state index contributed by atoms with van der Waals surface area (Å²) in [6.45, 7) is 3.04. The standard InChI is InChI=1S/C10H11BrN2S2/c1-7(10-12-2-3-14-10)13-5-9-4-8(11)6-15-9/h2-4,6-7,13H,5H2,1H3. The normalized spacial score (nSPS) is 12.9. The molecule has 0 aliphatic rings. The minimum absolute atomic E-state index is 0.325. The Kier molecular flexibility index (Phi) is 3.91. The van der Waals surface area contributed by atoms with E-state index in [-0.39, 0.29) is 0 Å². The Morgan fingerprint density at radius 2 is 2.40 bits per heavy atom. The van der Waals surface area contributed by atoms with Gasteiger partial charge in [-0.05, 0) is 28.9 Å². The molecule has 0 radical (unpaired) electrons. The molecule has 2 rings (SSSR count). The molecule has 0 fully saturated rings. The van der Waals surface area contributed by atoms with Gasteiger partial charge in [0.1, 0.15) is 5.01 Å². The third kappa shape index (κ3) is 3.11. The highest BCUT2D eigenvalue weighted by molar-refractivity contribution is 9.10. The lowest BCUT2D eigenvalue weighted by atomic mass is 10.3. The van der Waals surface area contributed by atoms with E-state index in [2.05, 4.69) is 44.6 Å². The van der Waals surface area contributed by atoms with Crippen LogP contribution < -0.4 is 5.32 Å². The lowest BCUT2D eigenvalue weighted by molar-refractivity contribution is 0.576. The molecule has 2 nitrogen and oxygen atoms in total. The molecule has 2 aromatic heterocycles. The first-order valence-electron chi connectivity index (χ1n) is 4.61. The van der Waals surface area contributed by atoms with Gasteiger partial charge >= 0.3 is 0 Å². The molecule has 0 saturated carbocycles. The van der Waals surface area contributed by atoms with E-state index in [0.29, 0.717) is 6.04 Å². The van der Waals surface area contributed by atoms with E-state index >= 15 is 0 Å². The van der Waals surface area contributed by atoms with Crippen LogP contribution in [0, 0.1) is 0 Å². The molecule has 0 amide bonds. The summed E-state index contributed by atoms with van der Waals surface area (Å²) in [6.07, 6.45) is 1.85. The van der Waals surface area contributed by atoms with Gasteiger partial charge in [0.05, 0.1) is 6.04 Å². The highest BCUT2D eigenvalue weighted by Gasteiger charge is 2.07. The van der Waals surface area contributed by atoms with Crippen LogP contribution in [0.1, 0.15) is 22.9 Å². The van der Waals surface area contributed by atoms with E-state index in [4.69, 9.17) is 0 Å². The lowest BCUT2D eigenvalue weighted by Gasteiger charge is -2.09. The predicted molar refractivity (Wildman–Crippen MR) is 69.4 cm³/mol. The number of nitrogens with zero attached hydrogens (tertiary/aromatic N) is 1. The average Bonchev–Trinajstić information content (AvgIpc) is 2.84. The van der Waals surface area contributed by atoms with Crippen molar-refractivity contribution in [3.05, 3.63) is 37.4 Å². The molecule has 1 atom stereocenters. The van der Waals surface area contributed by atoms with Crippen LogP contribution in [-0.2, 0) is 6.54 Å². The Balaban J connectivity index is 1.88. The molecule has 15 heavy (non-hydrogen) atoms. The Labute approximate surface area is 106 Å². The minimum atomic E-state index is 0.325. The first-order valence-corrected chi connectivity index (χ1v) is 7.16. The van der Waals surface area contributed by atoms with Crippen molar-refractivity contribution in [1.29, 1.82) is 0 Å². The Morgan fingerprint density at radius 1 is 1.53 bits per heavy atom. The molecule has 0 saturated heterocycles. The summed E-state index contributed by atoms with van der Waals surface area (Å²) in [5.41, 5.74) is 0. The molecule has 0 aromatic carbocycles. The van der Waals surface area contributed by atoms with Crippen LogP contribution in [0.4, 0.5) is 0 Å². The van der Waals surface area contributed by atoms with Crippen LogP contribution in [0.3, 0.4) is 0 Å². The van der Waals surface area contributed by atoms with Crippen LogP contribution in [0.15, 0.2) is 27.5 Å². The van der Waals surface area contributed by atoms with Crippen LogP contribution in [0.25, 0.3) is 0 Å². The minimum Gasteiger partial charge on any atom is -0.303 e. The first-order chi connectivity index (χ1) is 7.25. The van der Waals surface area contributed by atoms with E-state index in [1.54, 1.807) is 22.7 Å². The third-order valence-corrected chi connectivity index (χ3v) is 4.68. The summed E-state index contributed by atoms with van der Waals surface area (Å²) in [5.74, 6) is 0. The number of hydrogen-bond acceptors (Lipinski definition) is 4. The van der Waals surface area contributed by atoms with Crippen molar-refractivity contribution >= 4 is 38.6 Å². The first kappa shape index (κ1) is 11.3. The zero-order chi connectivity index (χ0) is 10.7. The maximum Gasteiger partial charge on any atom is 0.109 e. The van der Waals surface area contributed by atoms with Crippen LogP contribution in [0.5, 0.6) is 0 Å². The number of rotatable bonds is 4. The van der Waals surface area contributed by atoms with Crippen molar-refractivity contribution in [2.45, 2.75) is 19.5 Å². The number of thiophene rings is 1. The van der Waals surface area contributed by atoms with Gasteiger partial charge in [0.15, 0.2) is 0 Å². The van der Waals surface area contributed by atoms with Gasteiger partial charge in [-0.25, -0.2) is 4.98 Å². The van der Waals surface area contributed by atoms with Gasteiger partial charge in [-0.2, -0.15) is 0 Å². The molecular weight excluding hydrogens is 292 g/mol. The maximum atomic E-state index is 4.28. The van der Waals surface area contributed by atoms with Gasteiger partial charge in [-0.15, -0.1) is 22.7 Å². The fraction of sp³-hybridized carbons (Fsp3) is 0.300. The van der Waals surface area contributed by atoms with E-state index in [1.165, 1.54) is 4.88 Å². The number of nitrogens with one attached hydrogen (secondary N) is 1. The fourth-order valence-electron chi connectivity index (χ4n) is 1.24. The molecule has 0 bridgehead atoms. The quantitative estimate of drug-likeness (QED) is 0.929. The summed E-state index contributed by atoms with van der Waals surface area (Å²) >= 11 is 6.90. The Hall–Kier alpha value is -0.230. The molecule has 0 aliphatic heterocycles. The third-order valence-electron chi connectivity index (χ3n) is 2.03. The molecule has 0 spiro atoms. The van der Waals surface area contributed by atoms with Gasteiger partial charge < -0.3 is 5.32 Å². The summed E-state index contributed by atoms with van der Waals surface area (Å²) in [6, 6.07) is 2.47. The number of aromatic nitrogens is 1. The molecule has 1 N–H and O–H groups in total. The van der Waals surface area contributed by atoms with E-state index in [9.17, 15) is 0 Å². The van der Waals surface area contributed by atoms with Gasteiger partial charge in [-0.3, -0.25) is 0 Å². The fourth-order valence-corrected chi connectivity index (χ4v) is 3.31. The second kappa shape index (κ2) is 5.21. The van der Waals surface area contributed by atoms with Gasteiger partial charge in [0, 0.05) is 32.9 Å². The summed E-state index contributed by atoms with van der Waals surface area (Å²) < 4.78 is 1.16. The van der Waals surface area contributed by atoms with Crippen molar-refractivity contribution in [3.8, 4) is 0 Å². The predicted octanol–water partition coefficient (Wildman–Crippen LogP) is 3.82. The van der Waals surface area contributed by atoms with Crippen LogP contribution in [-0.4, -0.2) is 4.98 Å². The molecule has 2 aromatic rings. The van der Waals surface area contributed by atoms with Gasteiger partial charge in [0.2, 0.25) is 0 Å². The molecule has 1 unspecified atom stereocenters. The summed E-state index contributed by atoms with van der Waals surface area (Å²) in [7, 11) is 0. The Bertz CT molecular complexity index is 411. The highest BCUT2D eigenvalue weighted by Crippen LogP contribution is 2.21. The van der Waals surface area contributed by atoms with E-state index < -0.39 is 0 Å². The smallest absolute Gasteiger partial charge is 0.109 e. The van der Waals surface area contributed by atoms with Crippen molar-refractivity contribution < 1.29 is 0 Å². The Morgan fingerprint density at radius 3 is 3.00 bits per heavy atom. The lowest BCUT2D eigenvalue weighted by Crippen LogP contribution is -2.17. The second-order valence-electron chi connectivity index (χ2n) is 3.20. The van der Waals surface area contributed by atoms with Crippen molar-refractivity contribution in [1.82, 2.24) is 10.3 Å². The highest BCUT2D eigenvalue weighted by atomic mass is 79.9. The molecule has 5 heteroatoms. The summed E-state index contributed by atoms with van der Waals surface area (Å²) in [5, 5.41) is 8.71. The van der Waals surface area contributed by atoms with Crippen molar-refractivity contribution in [3.63, 3.8) is 0 Å². The molecule has 80 valence electrons. The largest absolute Gasteiger partial charge is 0.303 e. The van der Waals surface area contributed by atoms with Crippen LogP contribution >= 0.6 is 38.6 Å². The van der Waals surface area contributed by atoms with E-state index in [1.807, 2.05) is 11.6 Å².